The van der Waals surface area contributed by atoms with Gasteiger partial charge < -0.3 is 4.74 Å². The van der Waals surface area contributed by atoms with E-state index in [1.165, 1.54) is 6.20 Å². The summed E-state index contributed by atoms with van der Waals surface area (Å²) in [6, 6.07) is 1.60. The van der Waals surface area contributed by atoms with Gasteiger partial charge in [-0.05, 0) is 6.07 Å². The fourth-order valence-corrected chi connectivity index (χ4v) is 1.64. The second kappa shape index (κ2) is 5.25. The van der Waals surface area contributed by atoms with E-state index in [9.17, 15) is 4.79 Å². The highest BCUT2D eigenvalue weighted by molar-refractivity contribution is 6.33. The van der Waals surface area contributed by atoms with E-state index in [-0.39, 0.29) is 5.91 Å². The predicted octanol–water partition coefficient (Wildman–Crippen LogP) is 0.712. The van der Waals surface area contributed by atoms with E-state index in [1.807, 2.05) is 5.01 Å². The molecule has 0 spiro atoms. The third-order valence-electron chi connectivity index (χ3n) is 2.29. The number of carbonyl (C=O) groups excluding carboxylic acids is 1. The highest BCUT2D eigenvalue weighted by Crippen LogP contribution is 2.13. The maximum atomic E-state index is 11.8. The number of hydrazine groups is 1. The highest BCUT2D eigenvalue weighted by atomic mass is 35.5. The standard InChI is InChI=1S/C10H12ClN3O2/c11-9-7-12-2-1-8(9)10(15)13-14-3-5-16-6-4-14/h1-2,7H,3-6H2,(H,13,15). The van der Waals surface area contributed by atoms with Crippen LogP contribution in [0.15, 0.2) is 18.5 Å². The molecule has 2 heterocycles. The molecule has 16 heavy (non-hydrogen) atoms. The van der Waals surface area contributed by atoms with Gasteiger partial charge in [0.15, 0.2) is 0 Å². The van der Waals surface area contributed by atoms with Gasteiger partial charge in [0.1, 0.15) is 0 Å². The molecular weight excluding hydrogens is 230 g/mol. The Morgan fingerprint density at radius 3 is 2.94 bits per heavy atom. The van der Waals surface area contributed by atoms with Gasteiger partial charge >= 0.3 is 0 Å². The lowest BCUT2D eigenvalue weighted by Gasteiger charge is -2.26. The van der Waals surface area contributed by atoms with E-state index in [4.69, 9.17) is 16.3 Å². The summed E-state index contributed by atoms with van der Waals surface area (Å²) in [5, 5.41) is 2.18. The van der Waals surface area contributed by atoms with Crippen LogP contribution in [0, 0.1) is 0 Å². The van der Waals surface area contributed by atoms with Gasteiger partial charge in [-0.15, -0.1) is 0 Å². The van der Waals surface area contributed by atoms with Gasteiger partial charge in [-0.2, -0.15) is 0 Å². The van der Waals surface area contributed by atoms with Gasteiger partial charge in [-0.25, -0.2) is 5.01 Å². The van der Waals surface area contributed by atoms with Crippen LogP contribution >= 0.6 is 11.6 Å². The van der Waals surface area contributed by atoms with Crippen LogP contribution in [0.3, 0.4) is 0 Å². The molecule has 0 unspecified atom stereocenters. The minimum atomic E-state index is -0.214. The van der Waals surface area contributed by atoms with Crippen LogP contribution in [0.4, 0.5) is 0 Å². The van der Waals surface area contributed by atoms with Crippen LogP contribution in [-0.4, -0.2) is 42.2 Å². The maximum Gasteiger partial charge on any atom is 0.267 e. The Bertz CT molecular complexity index is 380. The Labute approximate surface area is 98.3 Å². The first-order chi connectivity index (χ1) is 7.77. The topological polar surface area (TPSA) is 54.5 Å². The number of carbonyl (C=O) groups is 1. The zero-order chi connectivity index (χ0) is 11.4. The van der Waals surface area contributed by atoms with Crippen LogP contribution < -0.4 is 5.43 Å². The summed E-state index contributed by atoms with van der Waals surface area (Å²) in [5.74, 6) is -0.214. The van der Waals surface area contributed by atoms with Crippen molar-refractivity contribution in [3.8, 4) is 0 Å². The van der Waals surface area contributed by atoms with Crippen molar-refractivity contribution in [2.24, 2.45) is 0 Å². The van der Waals surface area contributed by atoms with Crippen molar-refractivity contribution in [2.45, 2.75) is 0 Å². The summed E-state index contributed by atoms with van der Waals surface area (Å²) >= 11 is 5.87. The van der Waals surface area contributed by atoms with Gasteiger partial charge in [0, 0.05) is 25.5 Å². The van der Waals surface area contributed by atoms with Gasteiger partial charge in [0.2, 0.25) is 0 Å². The number of nitrogens with zero attached hydrogens (tertiary/aromatic N) is 2. The zero-order valence-electron chi connectivity index (χ0n) is 8.65. The normalized spacial score (nSPS) is 17.1. The fourth-order valence-electron chi connectivity index (χ4n) is 1.44. The number of nitrogens with one attached hydrogen (secondary N) is 1. The predicted molar refractivity (Wildman–Crippen MR) is 59.1 cm³/mol. The Balaban J connectivity index is 2.00. The third kappa shape index (κ3) is 2.69. The molecule has 5 nitrogen and oxygen atoms in total. The number of amides is 1. The lowest BCUT2D eigenvalue weighted by Crippen LogP contribution is -2.48. The molecule has 0 aromatic carbocycles. The van der Waals surface area contributed by atoms with E-state index < -0.39 is 0 Å². The van der Waals surface area contributed by atoms with Crippen LogP contribution in [0.5, 0.6) is 0 Å². The number of morpholine rings is 1. The van der Waals surface area contributed by atoms with Crippen molar-refractivity contribution in [1.29, 1.82) is 0 Å². The molecule has 0 bridgehead atoms. The molecule has 1 fully saturated rings. The van der Waals surface area contributed by atoms with Crippen LogP contribution in [0.25, 0.3) is 0 Å². The van der Waals surface area contributed by atoms with E-state index >= 15 is 0 Å². The summed E-state index contributed by atoms with van der Waals surface area (Å²) < 4.78 is 5.18. The van der Waals surface area contributed by atoms with Crippen LogP contribution in [0.2, 0.25) is 5.02 Å². The lowest BCUT2D eigenvalue weighted by molar-refractivity contribution is 0.0126. The Hall–Kier alpha value is -1.17. The first kappa shape index (κ1) is 11.3. The number of hydrogen-bond donors (Lipinski definition) is 1. The molecule has 1 amide bonds. The van der Waals surface area contributed by atoms with Crippen LogP contribution in [0.1, 0.15) is 10.4 Å². The molecule has 0 saturated carbocycles. The van der Waals surface area contributed by atoms with E-state index in [1.54, 1.807) is 12.3 Å². The minimum Gasteiger partial charge on any atom is -0.379 e. The third-order valence-corrected chi connectivity index (χ3v) is 2.59. The molecule has 1 aromatic heterocycles. The summed E-state index contributed by atoms with van der Waals surface area (Å²) in [5.41, 5.74) is 3.21. The molecular formula is C10H12ClN3O2. The molecule has 6 heteroatoms. The van der Waals surface area contributed by atoms with Crippen molar-refractivity contribution >= 4 is 17.5 Å². The lowest BCUT2D eigenvalue weighted by atomic mass is 10.2. The van der Waals surface area contributed by atoms with Crippen molar-refractivity contribution in [3.05, 3.63) is 29.0 Å². The van der Waals surface area contributed by atoms with E-state index in [2.05, 4.69) is 10.4 Å². The van der Waals surface area contributed by atoms with Crippen LogP contribution in [-0.2, 0) is 4.74 Å². The average Bonchev–Trinajstić information content (AvgIpc) is 2.31. The smallest absolute Gasteiger partial charge is 0.267 e. The molecule has 1 aliphatic rings. The second-order valence-corrected chi connectivity index (χ2v) is 3.80. The molecule has 86 valence electrons. The summed E-state index contributed by atoms with van der Waals surface area (Å²) in [6.07, 6.45) is 3.00. The zero-order valence-corrected chi connectivity index (χ0v) is 9.41. The quantitative estimate of drug-likeness (QED) is 0.829. The van der Waals surface area contributed by atoms with Gasteiger partial charge in [-0.1, -0.05) is 11.6 Å². The summed E-state index contributed by atoms with van der Waals surface area (Å²) in [6.45, 7) is 2.64. The monoisotopic (exact) mass is 241 g/mol. The first-order valence-electron chi connectivity index (χ1n) is 5.00. The Morgan fingerprint density at radius 1 is 1.50 bits per heavy atom. The van der Waals surface area contributed by atoms with Crippen molar-refractivity contribution in [2.75, 3.05) is 26.3 Å². The molecule has 0 radical (unpaired) electrons. The number of aromatic nitrogens is 1. The number of ether oxygens (including phenoxy) is 1. The molecule has 1 aromatic rings. The molecule has 1 saturated heterocycles. The number of hydrogen-bond acceptors (Lipinski definition) is 4. The number of rotatable bonds is 2. The number of halogens is 1. The van der Waals surface area contributed by atoms with Crippen molar-refractivity contribution in [1.82, 2.24) is 15.4 Å². The van der Waals surface area contributed by atoms with E-state index in [0.29, 0.717) is 36.9 Å². The highest BCUT2D eigenvalue weighted by Gasteiger charge is 2.15. The Morgan fingerprint density at radius 2 is 2.25 bits per heavy atom. The number of pyridine rings is 1. The van der Waals surface area contributed by atoms with Crippen molar-refractivity contribution in [3.63, 3.8) is 0 Å². The summed E-state index contributed by atoms with van der Waals surface area (Å²) in [4.78, 5) is 15.7. The summed E-state index contributed by atoms with van der Waals surface area (Å²) in [7, 11) is 0. The molecule has 1 aliphatic heterocycles. The minimum absolute atomic E-state index is 0.214. The SMILES string of the molecule is O=C(NN1CCOCC1)c1ccncc1Cl. The van der Waals surface area contributed by atoms with E-state index in [0.717, 1.165) is 0 Å². The molecule has 0 aliphatic carbocycles. The fraction of sp³-hybridized carbons (Fsp3) is 0.400. The second-order valence-electron chi connectivity index (χ2n) is 3.40. The molecule has 0 atom stereocenters. The first-order valence-corrected chi connectivity index (χ1v) is 5.38. The van der Waals surface area contributed by atoms with Gasteiger partial charge in [-0.3, -0.25) is 15.2 Å². The maximum absolute atomic E-state index is 11.8. The molecule has 2 rings (SSSR count). The van der Waals surface area contributed by atoms with Gasteiger partial charge in [0.05, 0.1) is 23.8 Å². The largest absolute Gasteiger partial charge is 0.379 e. The average molecular weight is 242 g/mol. The van der Waals surface area contributed by atoms with Gasteiger partial charge in [0.25, 0.3) is 5.91 Å². The van der Waals surface area contributed by atoms with Crippen molar-refractivity contribution < 1.29 is 9.53 Å². The Kier molecular flexibility index (Phi) is 3.71. The molecule has 1 N–H and O–H groups in total.